The van der Waals surface area contributed by atoms with Gasteiger partial charge in [-0.1, -0.05) is 42.8 Å². The average Bonchev–Trinajstić information content (AvgIpc) is 2.28. The lowest BCUT2D eigenvalue weighted by Crippen LogP contribution is -1.96. The third kappa shape index (κ3) is 2.41. The molecule has 0 saturated heterocycles. The van der Waals surface area contributed by atoms with Crippen molar-refractivity contribution in [1.82, 2.24) is 0 Å². The van der Waals surface area contributed by atoms with Crippen molar-refractivity contribution in [3.8, 4) is 11.5 Å². The lowest BCUT2D eigenvalue weighted by atomic mass is 9.91. The maximum Gasteiger partial charge on any atom is 0.123 e. The molecule has 2 nitrogen and oxygen atoms in total. The molecule has 0 heterocycles. The van der Waals surface area contributed by atoms with Crippen molar-refractivity contribution < 1.29 is 10.2 Å². The Balaban J connectivity index is 2.40. The van der Waals surface area contributed by atoms with E-state index in [1.165, 1.54) is 11.6 Å². The Morgan fingerprint density at radius 1 is 1.00 bits per heavy atom. The molecule has 17 heavy (non-hydrogen) atoms. The van der Waals surface area contributed by atoms with Gasteiger partial charge in [0, 0.05) is 17.5 Å². The Hall–Kier alpha value is -1.96. The zero-order valence-corrected chi connectivity index (χ0v) is 10.0. The van der Waals surface area contributed by atoms with Crippen molar-refractivity contribution in [2.75, 3.05) is 0 Å². The molecule has 0 saturated carbocycles. The number of rotatable bonds is 2. The van der Waals surface area contributed by atoms with Crippen LogP contribution in [0.15, 0.2) is 42.5 Å². The fourth-order valence-electron chi connectivity index (χ4n) is 2.02. The highest BCUT2D eigenvalue weighted by Crippen LogP contribution is 2.33. The molecule has 0 fully saturated rings. The predicted octanol–water partition coefficient (Wildman–Crippen LogP) is 3.56. The quantitative estimate of drug-likeness (QED) is 0.825. The molecule has 2 N–H and O–H groups in total. The minimum Gasteiger partial charge on any atom is -0.508 e. The first-order valence-corrected chi connectivity index (χ1v) is 5.66. The van der Waals surface area contributed by atoms with E-state index < -0.39 is 0 Å². The molecular weight excluding hydrogens is 212 g/mol. The first-order chi connectivity index (χ1) is 8.08. The zero-order chi connectivity index (χ0) is 12.4. The monoisotopic (exact) mass is 228 g/mol. The van der Waals surface area contributed by atoms with Crippen molar-refractivity contribution in [3.05, 3.63) is 59.2 Å². The highest BCUT2D eigenvalue weighted by atomic mass is 16.3. The van der Waals surface area contributed by atoms with Crippen LogP contribution in [0.2, 0.25) is 0 Å². The highest BCUT2D eigenvalue weighted by Gasteiger charge is 2.12. The van der Waals surface area contributed by atoms with Crippen LogP contribution >= 0.6 is 0 Å². The van der Waals surface area contributed by atoms with Crippen molar-refractivity contribution in [3.63, 3.8) is 0 Å². The molecule has 0 spiro atoms. The molecule has 2 aromatic carbocycles. The largest absolute Gasteiger partial charge is 0.508 e. The van der Waals surface area contributed by atoms with Crippen molar-refractivity contribution >= 4 is 0 Å². The van der Waals surface area contributed by atoms with Crippen molar-refractivity contribution in [2.24, 2.45) is 0 Å². The first kappa shape index (κ1) is 11.5. The summed E-state index contributed by atoms with van der Waals surface area (Å²) in [7, 11) is 0. The summed E-state index contributed by atoms with van der Waals surface area (Å²) in [6.45, 7) is 4.09. The molecule has 0 aliphatic rings. The Morgan fingerprint density at radius 2 is 1.76 bits per heavy atom. The summed E-state index contributed by atoms with van der Waals surface area (Å²) in [5.74, 6) is 0.331. The lowest BCUT2D eigenvalue weighted by Gasteiger charge is -2.14. The number of phenols is 2. The standard InChI is InChI=1S/C15H16O2/c1-10-4-3-5-12(8-10)11(2)14-7-6-13(16)9-15(14)17/h3-9,11,16-17H,1-2H3. The normalized spacial score (nSPS) is 12.4. The summed E-state index contributed by atoms with van der Waals surface area (Å²) in [6.07, 6.45) is 0. The second kappa shape index (κ2) is 4.50. The second-order valence-electron chi connectivity index (χ2n) is 4.38. The van der Waals surface area contributed by atoms with E-state index in [-0.39, 0.29) is 17.4 Å². The molecule has 88 valence electrons. The van der Waals surface area contributed by atoms with E-state index in [2.05, 4.69) is 6.07 Å². The molecule has 1 unspecified atom stereocenters. The Labute approximate surface area is 101 Å². The molecule has 0 aromatic heterocycles. The van der Waals surface area contributed by atoms with Gasteiger partial charge in [0.05, 0.1) is 0 Å². The minimum absolute atomic E-state index is 0.0858. The summed E-state index contributed by atoms with van der Waals surface area (Å²) in [5.41, 5.74) is 3.19. The van der Waals surface area contributed by atoms with Crippen LogP contribution in [0.4, 0.5) is 0 Å². The van der Waals surface area contributed by atoms with Crippen LogP contribution < -0.4 is 0 Å². The van der Waals surface area contributed by atoms with Gasteiger partial charge in [-0.05, 0) is 18.6 Å². The smallest absolute Gasteiger partial charge is 0.123 e. The van der Waals surface area contributed by atoms with E-state index in [0.29, 0.717) is 0 Å². The molecule has 2 rings (SSSR count). The number of benzene rings is 2. The van der Waals surface area contributed by atoms with Gasteiger partial charge in [0.1, 0.15) is 11.5 Å². The Kier molecular flexibility index (Phi) is 3.05. The van der Waals surface area contributed by atoms with Crippen LogP contribution in [0.25, 0.3) is 0 Å². The first-order valence-electron chi connectivity index (χ1n) is 5.66. The fraction of sp³-hybridized carbons (Fsp3) is 0.200. The van der Waals surface area contributed by atoms with Crippen molar-refractivity contribution in [1.29, 1.82) is 0 Å². The van der Waals surface area contributed by atoms with Gasteiger partial charge >= 0.3 is 0 Å². The molecule has 0 radical (unpaired) electrons. The molecule has 1 atom stereocenters. The van der Waals surface area contributed by atoms with E-state index in [1.54, 1.807) is 12.1 Å². The molecule has 0 bridgehead atoms. The lowest BCUT2D eigenvalue weighted by molar-refractivity contribution is 0.444. The summed E-state index contributed by atoms with van der Waals surface area (Å²) >= 11 is 0. The molecule has 0 aliphatic heterocycles. The number of aromatic hydroxyl groups is 2. The van der Waals surface area contributed by atoms with Gasteiger partial charge in [-0.25, -0.2) is 0 Å². The SMILES string of the molecule is Cc1cccc(C(C)c2ccc(O)cc2O)c1. The molecule has 2 heteroatoms. The van der Waals surface area contributed by atoms with E-state index in [9.17, 15) is 10.2 Å². The van der Waals surface area contributed by atoms with Gasteiger partial charge < -0.3 is 10.2 Å². The van der Waals surface area contributed by atoms with E-state index in [4.69, 9.17) is 0 Å². The second-order valence-corrected chi connectivity index (χ2v) is 4.38. The number of hydrogen-bond acceptors (Lipinski definition) is 2. The van der Waals surface area contributed by atoms with Crippen LogP contribution in [0.5, 0.6) is 11.5 Å². The molecule has 0 amide bonds. The van der Waals surface area contributed by atoms with Gasteiger partial charge in [0.15, 0.2) is 0 Å². The molecule has 0 aliphatic carbocycles. The third-order valence-electron chi connectivity index (χ3n) is 3.02. The maximum absolute atomic E-state index is 9.83. The summed E-state index contributed by atoms with van der Waals surface area (Å²) in [4.78, 5) is 0. The molecular formula is C15H16O2. The Morgan fingerprint density at radius 3 is 2.41 bits per heavy atom. The topological polar surface area (TPSA) is 40.5 Å². The summed E-state index contributed by atoms with van der Waals surface area (Å²) in [5, 5.41) is 19.1. The summed E-state index contributed by atoms with van der Waals surface area (Å²) < 4.78 is 0. The van der Waals surface area contributed by atoms with Crippen LogP contribution in [-0.2, 0) is 0 Å². The number of aryl methyl sites for hydroxylation is 1. The maximum atomic E-state index is 9.83. The van der Waals surface area contributed by atoms with Gasteiger partial charge in [0.25, 0.3) is 0 Å². The van der Waals surface area contributed by atoms with E-state index in [0.717, 1.165) is 11.1 Å². The minimum atomic E-state index is 0.0858. The third-order valence-corrected chi connectivity index (χ3v) is 3.02. The van der Waals surface area contributed by atoms with Gasteiger partial charge in [-0.15, -0.1) is 0 Å². The van der Waals surface area contributed by atoms with Crippen LogP contribution in [0.1, 0.15) is 29.5 Å². The Bertz CT molecular complexity index is 532. The van der Waals surface area contributed by atoms with Crippen molar-refractivity contribution in [2.45, 2.75) is 19.8 Å². The van der Waals surface area contributed by atoms with Gasteiger partial charge in [-0.3, -0.25) is 0 Å². The van der Waals surface area contributed by atoms with Gasteiger partial charge in [-0.2, -0.15) is 0 Å². The molecule has 2 aromatic rings. The van der Waals surface area contributed by atoms with E-state index in [1.807, 2.05) is 32.0 Å². The predicted molar refractivity (Wildman–Crippen MR) is 68.5 cm³/mol. The zero-order valence-electron chi connectivity index (χ0n) is 10.0. The van der Waals surface area contributed by atoms with Crippen LogP contribution in [0.3, 0.4) is 0 Å². The number of phenolic OH excluding ortho intramolecular Hbond substituents is 2. The van der Waals surface area contributed by atoms with Crippen LogP contribution in [-0.4, -0.2) is 10.2 Å². The average molecular weight is 228 g/mol. The summed E-state index contributed by atoms with van der Waals surface area (Å²) in [6, 6.07) is 13.0. The van der Waals surface area contributed by atoms with Gasteiger partial charge in [0.2, 0.25) is 0 Å². The fourth-order valence-corrected chi connectivity index (χ4v) is 2.02. The highest BCUT2D eigenvalue weighted by molar-refractivity contribution is 5.45. The number of hydrogen-bond donors (Lipinski definition) is 2. The van der Waals surface area contributed by atoms with E-state index >= 15 is 0 Å². The van der Waals surface area contributed by atoms with Crippen LogP contribution in [0, 0.1) is 6.92 Å².